The van der Waals surface area contributed by atoms with Gasteiger partial charge in [-0.3, -0.25) is 14.5 Å². The van der Waals surface area contributed by atoms with E-state index in [-0.39, 0.29) is 17.8 Å². The van der Waals surface area contributed by atoms with Crippen molar-refractivity contribution in [2.75, 3.05) is 19.5 Å². The summed E-state index contributed by atoms with van der Waals surface area (Å²) in [4.78, 5) is 27.5. The molecule has 0 aliphatic carbocycles. The topological polar surface area (TPSA) is 81.0 Å². The first-order valence-electron chi connectivity index (χ1n) is 9.39. The molecule has 31 heavy (non-hydrogen) atoms. The summed E-state index contributed by atoms with van der Waals surface area (Å²) in [6.45, 7) is -0.0320. The molecule has 7 nitrogen and oxygen atoms in total. The van der Waals surface area contributed by atoms with Gasteiger partial charge < -0.3 is 19.2 Å². The number of methoxy groups -OCH3 is 2. The lowest BCUT2D eigenvalue weighted by Gasteiger charge is -2.15. The van der Waals surface area contributed by atoms with Gasteiger partial charge in [-0.05, 0) is 42.0 Å². The molecule has 8 heteroatoms. The number of anilines is 1. The number of furan rings is 1. The van der Waals surface area contributed by atoms with Crippen molar-refractivity contribution in [1.82, 2.24) is 4.90 Å². The van der Waals surface area contributed by atoms with Crippen molar-refractivity contribution in [3.05, 3.63) is 83.7 Å². The predicted molar refractivity (Wildman–Crippen MR) is 111 cm³/mol. The van der Waals surface area contributed by atoms with Crippen LogP contribution in [0, 0.1) is 5.82 Å². The van der Waals surface area contributed by atoms with E-state index in [1.54, 1.807) is 30.3 Å². The van der Waals surface area contributed by atoms with Gasteiger partial charge >= 0.3 is 0 Å². The normalized spacial score (nSPS) is 13.7. The van der Waals surface area contributed by atoms with Crippen molar-refractivity contribution in [1.29, 1.82) is 0 Å². The first-order chi connectivity index (χ1) is 15.0. The molecule has 0 unspecified atom stereocenters. The fourth-order valence-corrected chi connectivity index (χ4v) is 3.32. The molecule has 1 aliphatic rings. The number of hydrogen-bond donors (Lipinski definition) is 1. The second-order valence-corrected chi connectivity index (χ2v) is 6.72. The molecule has 0 fully saturated rings. The summed E-state index contributed by atoms with van der Waals surface area (Å²) in [5.74, 6) is -0.0474. The zero-order valence-corrected chi connectivity index (χ0v) is 16.8. The van der Waals surface area contributed by atoms with Crippen LogP contribution >= 0.6 is 0 Å². The second-order valence-electron chi connectivity index (χ2n) is 6.72. The van der Waals surface area contributed by atoms with Crippen LogP contribution in [0.15, 0.2) is 71.0 Å². The molecular formula is C23H19FN2O5. The molecule has 2 heterocycles. The molecule has 1 aliphatic heterocycles. The quantitative estimate of drug-likeness (QED) is 0.583. The summed E-state index contributed by atoms with van der Waals surface area (Å²) in [5, 5.41) is 3.03. The van der Waals surface area contributed by atoms with Gasteiger partial charge in [0, 0.05) is 6.07 Å². The minimum Gasteiger partial charge on any atom is -0.497 e. The number of carbonyl (C=O) groups is 2. The highest BCUT2D eigenvalue weighted by Crippen LogP contribution is 2.35. The lowest BCUT2D eigenvalue weighted by molar-refractivity contribution is -0.137. The van der Waals surface area contributed by atoms with E-state index in [1.165, 1.54) is 44.7 Å². The Kier molecular flexibility index (Phi) is 5.44. The maximum Gasteiger partial charge on any atom is 0.278 e. The number of imide groups is 1. The van der Waals surface area contributed by atoms with E-state index < -0.39 is 17.6 Å². The molecule has 0 saturated heterocycles. The number of hydrogen-bond acceptors (Lipinski definition) is 6. The average molecular weight is 422 g/mol. The molecule has 2 aromatic carbocycles. The molecule has 158 valence electrons. The van der Waals surface area contributed by atoms with E-state index in [0.717, 1.165) is 4.90 Å². The van der Waals surface area contributed by atoms with Gasteiger partial charge in [0.2, 0.25) is 0 Å². The van der Waals surface area contributed by atoms with Crippen LogP contribution < -0.4 is 14.8 Å². The van der Waals surface area contributed by atoms with Crippen molar-refractivity contribution in [3.8, 4) is 11.5 Å². The Balaban J connectivity index is 1.79. The Labute approximate surface area is 177 Å². The number of halogens is 1. The molecule has 0 spiro atoms. The second kappa shape index (κ2) is 8.35. The van der Waals surface area contributed by atoms with E-state index in [0.29, 0.717) is 28.5 Å². The number of benzene rings is 2. The first-order valence-corrected chi connectivity index (χ1v) is 9.39. The van der Waals surface area contributed by atoms with Crippen LogP contribution in [0.3, 0.4) is 0 Å². The lowest BCUT2D eigenvalue weighted by atomic mass is 10.0. The zero-order valence-electron chi connectivity index (χ0n) is 16.8. The van der Waals surface area contributed by atoms with E-state index >= 15 is 0 Å². The fraction of sp³-hybridized carbons (Fsp3) is 0.130. The number of rotatable bonds is 7. The van der Waals surface area contributed by atoms with Gasteiger partial charge in [-0.25, -0.2) is 4.39 Å². The van der Waals surface area contributed by atoms with Gasteiger partial charge in [0.1, 0.15) is 28.8 Å². The Bertz CT molecular complexity index is 1150. The standard InChI is InChI=1S/C23H19FN2O5/c1-29-16-9-10-19(30-2)18(12-16)25-21-20(14-5-7-15(24)8-6-14)22(27)26(23(21)28)13-17-4-3-11-31-17/h3-12,25H,13H2,1-2H3. The Morgan fingerprint density at radius 1 is 1.00 bits per heavy atom. The molecule has 3 aromatic rings. The van der Waals surface area contributed by atoms with Gasteiger partial charge in [0.05, 0.1) is 38.3 Å². The van der Waals surface area contributed by atoms with E-state index in [2.05, 4.69) is 5.32 Å². The van der Waals surface area contributed by atoms with Crippen LogP contribution in [0.2, 0.25) is 0 Å². The summed E-state index contributed by atoms with van der Waals surface area (Å²) >= 11 is 0. The molecule has 0 saturated carbocycles. The van der Waals surface area contributed by atoms with Crippen LogP contribution in [-0.4, -0.2) is 30.9 Å². The highest BCUT2D eigenvalue weighted by molar-refractivity contribution is 6.36. The summed E-state index contributed by atoms with van der Waals surface area (Å²) in [7, 11) is 3.01. The number of amides is 2. The molecular weight excluding hydrogens is 403 g/mol. The molecule has 2 amide bonds. The van der Waals surface area contributed by atoms with Gasteiger partial charge in [-0.15, -0.1) is 0 Å². The summed E-state index contributed by atoms with van der Waals surface area (Å²) in [5.41, 5.74) is 1.03. The van der Waals surface area contributed by atoms with Crippen LogP contribution in [0.4, 0.5) is 10.1 Å². The largest absolute Gasteiger partial charge is 0.497 e. The monoisotopic (exact) mass is 422 g/mol. The van der Waals surface area contributed by atoms with Crippen molar-refractivity contribution < 1.29 is 27.9 Å². The van der Waals surface area contributed by atoms with E-state index in [9.17, 15) is 14.0 Å². The molecule has 0 radical (unpaired) electrons. The zero-order chi connectivity index (χ0) is 22.0. The van der Waals surface area contributed by atoms with Crippen molar-refractivity contribution >= 4 is 23.1 Å². The highest BCUT2D eigenvalue weighted by atomic mass is 19.1. The van der Waals surface area contributed by atoms with Crippen molar-refractivity contribution in [3.63, 3.8) is 0 Å². The third-order valence-electron chi connectivity index (χ3n) is 4.86. The van der Waals surface area contributed by atoms with Crippen molar-refractivity contribution in [2.45, 2.75) is 6.54 Å². The summed E-state index contributed by atoms with van der Waals surface area (Å²) in [6.07, 6.45) is 1.47. The lowest BCUT2D eigenvalue weighted by Crippen LogP contribution is -2.31. The molecule has 4 rings (SSSR count). The third kappa shape index (κ3) is 3.87. The van der Waals surface area contributed by atoms with E-state index in [1.807, 2.05) is 0 Å². The molecule has 0 bridgehead atoms. The highest BCUT2D eigenvalue weighted by Gasteiger charge is 2.40. The molecule has 1 aromatic heterocycles. The Morgan fingerprint density at radius 2 is 1.77 bits per heavy atom. The van der Waals surface area contributed by atoms with Crippen LogP contribution in [0.5, 0.6) is 11.5 Å². The SMILES string of the molecule is COc1ccc(OC)c(NC2=C(c3ccc(F)cc3)C(=O)N(Cc3ccco3)C2=O)c1. The van der Waals surface area contributed by atoms with Gasteiger partial charge in [0.25, 0.3) is 11.8 Å². The smallest absolute Gasteiger partial charge is 0.278 e. The fourth-order valence-electron chi connectivity index (χ4n) is 3.32. The number of carbonyl (C=O) groups excluding carboxylic acids is 2. The van der Waals surface area contributed by atoms with Gasteiger partial charge in [0.15, 0.2) is 0 Å². The van der Waals surface area contributed by atoms with Crippen molar-refractivity contribution in [2.24, 2.45) is 0 Å². The average Bonchev–Trinajstić information content (AvgIpc) is 3.37. The maximum absolute atomic E-state index is 13.5. The number of ether oxygens (including phenoxy) is 2. The van der Waals surface area contributed by atoms with Crippen LogP contribution in [0.25, 0.3) is 5.57 Å². The predicted octanol–water partition coefficient (Wildman–Crippen LogP) is 3.83. The minimum atomic E-state index is -0.536. The first kappa shape index (κ1) is 20.2. The maximum atomic E-state index is 13.5. The minimum absolute atomic E-state index is 0.0320. The Hall–Kier alpha value is -4.07. The number of nitrogens with one attached hydrogen (secondary N) is 1. The van der Waals surface area contributed by atoms with Gasteiger partial charge in [-0.2, -0.15) is 0 Å². The van der Waals surface area contributed by atoms with Gasteiger partial charge in [-0.1, -0.05) is 12.1 Å². The summed E-state index contributed by atoms with van der Waals surface area (Å²) < 4.78 is 29.4. The third-order valence-corrected chi connectivity index (χ3v) is 4.86. The summed E-state index contributed by atoms with van der Waals surface area (Å²) in [6, 6.07) is 13.8. The Morgan fingerprint density at radius 3 is 2.42 bits per heavy atom. The van der Waals surface area contributed by atoms with E-state index in [4.69, 9.17) is 13.9 Å². The molecule has 0 atom stereocenters. The van der Waals surface area contributed by atoms with Crippen LogP contribution in [-0.2, 0) is 16.1 Å². The van der Waals surface area contributed by atoms with Crippen LogP contribution in [0.1, 0.15) is 11.3 Å². The molecule has 1 N–H and O–H groups in total. The number of nitrogens with zero attached hydrogens (tertiary/aromatic N) is 1.